The van der Waals surface area contributed by atoms with Crippen LogP contribution in [-0.4, -0.2) is 36.7 Å². The molecule has 1 N–H and O–H groups in total. The summed E-state index contributed by atoms with van der Waals surface area (Å²) in [6.45, 7) is 1.10. The Labute approximate surface area is 209 Å². The van der Waals surface area contributed by atoms with Gasteiger partial charge in [0.1, 0.15) is 5.01 Å². The Morgan fingerprint density at radius 3 is 2.31 bits per heavy atom. The van der Waals surface area contributed by atoms with E-state index in [2.05, 4.69) is 5.32 Å². The summed E-state index contributed by atoms with van der Waals surface area (Å²) in [6.07, 6.45) is 2.82. The monoisotopic (exact) mass is 503 g/mol. The molecule has 0 radical (unpaired) electrons. The number of carbonyl (C=O) groups excluding carboxylic acids is 1. The number of piperidine rings is 1. The topological polar surface area (TPSA) is 79.4 Å². The molecule has 178 valence electrons. The highest BCUT2D eigenvalue weighted by atomic mass is 32.2. The van der Waals surface area contributed by atoms with Crippen molar-refractivity contribution < 1.29 is 13.2 Å². The third kappa shape index (κ3) is 5.19. The number of aromatic nitrogens is 1. The number of rotatable bonds is 6. The van der Waals surface area contributed by atoms with Crippen LogP contribution in [0.1, 0.15) is 29.6 Å². The van der Waals surface area contributed by atoms with Crippen molar-refractivity contribution in [3.05, 3.63) is 89.8 Å². The maximum Gasteiger partial charge on any atom is 0.255 e. The fourth-order valence-electron chi connectivity index (χ4n) is 4.11. The molecule has 1 fully saturated rings. The molecule has 0 aliphatic carbocycles. The Morgan fingerprint density at radius 1 is 0.857 bits per heavy atom. The van der Waals surface area contributed by atoms with Crippen LogP contribution in [0.15, 0.2) is 89.1 Å². The molecule has 1 aliphatic rings. The van der Waals surface area contributed by atoms with Gasteiger partial charge in [0, 0.05) is 40.8 Å². The normalized spacial score (nSPS) is 14.5. The van der Waals surface area contributed by atoms with Crippen LogP contribution in [0.4, 0.5) is 5.69 Å². The number of sulfonamides is 1. The zero-order chi connectivity index (χ0) is 24.3. The quantitative estimate of drug-likeness (QED) is 0.355. The fourth-order valence-corrected chi connectivity index (χ4v) is 6.46. The van der Waals surface area contributed by atoms with E-state index in [1.807, 2.05) is 60.0 Å². The number of benzene rings is 3. The van der Waals surface area contributed by atoms with Crippen LogP contribution in [0.3, 0.4) is 0 Å². The average Bonchev–Trinajstić information content (AvgIpc) is 3.41. The van der Waals surface area contributed by atoms with Gasteiger partial charge in [-0.25, -0.2) is 13.4 Å². The molecule has 5 rings (SSSR count). The van der Waals surface area contributed by atoms with E-state index in [0.717, 1.165) is 41.1 Å². The van der Waals surface area contributed by atoms with Gasteiger partial charge in [-0.3, -0.25) is 4.79 Å². The summed E-state index contributed by atoms with van der Waals surface area (Å²) in [5.41, 5.74) is 3.86. The fraction of sp³-hybridized carbons (Fsp3) is 0.185. The van der Waals surface area contributed by atoms with Crippen LogP contribution in [0, 0.1) is 0 Å². The molecule has 3 aromatic carbocycles. The number of nitrogens with one attached hydrogen (secondary N) is 1. The smallest absolute Gasteiger partial charge is 0.255 e. The molecule has 1 aromatic heterocycles. The van der Waals surface area contributed by atoms with E-state index in [9.17, 15) is 13.2 Å². The lowest BCUT2D eigenvalue weighted by atomic mass is 10.1. The molecule has 6 nitrogen and oxygen atoms in total. The third-order valence-corrected chi connectivity index (χ3v) is 8.81. The molecule has 8 heteroatoms. The van der Waals surface area contributed by atoms with Crippen molar-refractivity contribution in [3.63, 3.8) is 0 Å². The summed E-state index contributed by atoms with van der Waals surface area (Å²) in [7, 11) is -3.52. The van der Waals surface area contributed by atoms with Crippen molar-refractivity contribution in [2.24, 2.45) is 0 Å². The molecule has 35 heavy (non-hydrogen) atoms. The van der Waals surface area contributed by atoms with Crippen molar-refractivity contribution in [1.82, 2.24) is 9.29 Å². The molecule has 1 amide bonds. The Kier molecular flexibility index (Phi) is 6.77. The molecule has 0 spiro atoms. The van der Waals surface area contributed by atoms with Crippen molar-refractivity contribution in [1.29, 1.82) is 0 Å². The number of hydrogen-bond donors (Lipinski definition) is 1. The van der Waals surface area contributed by atoms with Crippen molar-refractivity contribution in [2.75, 3.05) is 18.4 Å². The van der Waals surface area contributed by atoms with Gasteiger partial charge in [0.25, 0.3) is 5.91 Å². The van der Waals surface area contributed by atoms with Crippen LogP contribution in [0.2, 0.25) is 0 Å². The highest BCUT2D eigenvalue weighted by Gasteiger charge is 2.26. The first-order valence-corrected chi connectivity index (χ1v) is 13.9. The highest BCUT2D eigenvalue weighted by molar-refractivity contribution is 7.89. The molecule has 0 unspecified atom stereocenters. The lowest BCUT2D eigenvalue weighted by molar-refractivity contribution is 0.102. The molecule has 1 aliphatic heterocycles. The summed E-state index contributed by atoms with van der Waals surface area (Å²) >= 11 is 1.58. The molecule has 0 atom stereocenters. The minimum absolute atomic E-state index is 0.218. The van der Waals surface area contributed by atoms with Gasteiger partial charge in [0.2, 0.25) is 10.0 Å². The number of nitrogens with zero attached hydrogens (tertiary/aromatic N) is 2. The van der Waals surface area contributed by atoms with Crippen molar-refractivity contribution in [2.45, 2.75) is 24.2 Å². The van der Waals surface area contributed by atoms with Crippen LogP contribution in [-0.2, 0) is 10.0 Å². The molecular formula is C27H25N3O3S2. The number of amides is 1. The van der Waals surface area contributed by atoms with Gasteiger partial charge in [-0.15, -0.1) is 11.3 Å². The van der Waals surface area contributed by atoms with Gasteiger partial charge < -0.3 is 5.32 Å². The largest absolute Gasteiger partial charge is 0.322 e. The zero-order valence-electron chi connectivity index (χ0n) is 19.1. The van der Waals surface area contributed by atoms with Gasteiger partial charge in [0.15, 0.2) is 0 Å². The maximum atomic E-state index is 12.8. The summed E-state index contributed by atoms with van der Waals surface area (Å²) in [5.74, 6) is -0.299. The Hall–Kier alpha value is -3.33. The summed E-state index contributed by atoms with van der Waals surface area (Å²) < 4.78 is 27.2. The zero-order valence-corrected chi connectivity index (χ0v) is 20.7. The van der Waals surface area contributed by atoms with E-state index in [0.29, 0.717) is 24.3 Å². The second-order valence-electron chi connectivity index (χ2n) is 8.43. The number of thiazole rings is 1. The Bertz CT molecular complexity index is 1430. The SMILES string of the molecule is O=C(Nc1cccc(-c2csc(-c3ccccc3)n2)c1)c1ccc(S(=O)(=O)N2CCCCC2)cc1. The second kappa shape index (κ2) is 10.1. The van der Waals surface area contributed by atoms with E-state index in [1.165, 1.54) is 16.4 Å². The van der Waals surface area contributed by atoms with Gasteiger partial charge in [-0.2, -0.15) is 4.31 Å². The maximum absolute atomic E-state index is 12.8. The van der Waals surface area contributed by atoms with E-state index in [4.69, 9.17) is 4.98 Å². The molecule has 2 heterocycles. The predicted octanol–water partition coefficient (Wildman–Crippen LogP) is 5.90. The first kappa shape index (κ1) is 23.4. The van der Waals surface area contributed by atoms with Crippen molar-refractivity contribution in [3.8, 4) is 21.8 Å². The first-order valence-electron chi connectivity index (χ1n) is 11.5. The lowest BCUT2D eigenvalue weighted by Gasteiger charge is -2.25. The number of anilines is 1. The third-order valence-electron chi connectivity index (χ3n) is 6.01. The second-order valence-corrected chi connectivity index (χ2v) is 11.2. The number of carbonyl (C=O) groups is 1. The van der Waals surface area contributed by atoms with Crippen LogP contribution >= 0.6 is 11.3 Å². The molecule has 0 saturated carbocycles. The molecular weight excluding hydrogens is 478 g/mol. The van der Waals surface area contributed by atoms with E-state index >= 15 is 0 Å². The molecule has 0 bridgehead atoms. The molecule has 4 aromatic rings. The summed E-state index contributed by atoms with van der Waals surface area (Å²) in [6, 6.07) is 23.7. The predicted molar refractivity (Wildman–Crippen MR) is 140 cm³/mol. The van der Waals surface area contributed by atoms with E-state index < -0.39 is 10.0 Å². The van der Waals surface area contributed by atoms with Gasteiger partial charge in [-0.05, 0) is 49.2 Å². The van der Waals surface area contributed by atoms with Crippen molar-refractivity contribution >= 4 is 33.0 Å². The summed E-state index contributed by atoms with van der Waals surface area (Å²) in [5, 5.41) is 5.85. The van der Waals surface area contributed by atoms with E-state index in [-0.39, 0.29) is 10.8 Å². The van der Waals surface area contributed by atoms with Gasteiger partial charge in [-0.1, -0.05) is 48.9 Å². The van der Waals surface area contributed by atoms with Gasteiger partial charge >= 0.3 is 0 Å². The van der Waals surface area contributed by atoms with Crippen LogP contribution in [0.5, 0.6) is 0 Å². The van der Waals surface area contributed by atoms with Crippen LogP contribution < -0.4 is 5.32 Å². The standard InChI is InChI=1S/C27H25N3O3S2/c31-26(20-12-14-24(15-13-20)35(32,33)30-16-5-2-6-17-30)28-23-11-7-10-22(18-23)25-19-34-27(29-25)21-8-3-1-4-9-21/h1,3-4,7-15,18-19H,2,5-6,16-17H2,(H,28,31). The average molecular weight is 504 g/mol. The first-order chi connectivity index (χ1) is 17.0. The van der Waals surface area contributed by atoms with Crippen LogP contribution in [0.25, 0.3) is 21.8 Å². The Morgan fingerprint density at radius 2 is 1.57 bits per heavy atom. The Balaban J connectivity index is 1.29. The number of hydrogen-bond acceptors (Lipinski definition) is 5. The highest BCUT2D eigenvalue weighted by Crippen LogP contribution is 2.30. The minimum atomic E-state index is -3.52. The minimum Gasteiger partial charge on any atom is -0.322 e. The lowest BCUT2D eigenvalue weighted by Crippen LogP contribution is -2.35. The van der Waals surface area contributed by atoms with E-state index in [1.54, 1.807) is 23.5 Å². The van der Waals surface area contributed by atoms with Gasteiger partial charge in [0.05, 0.1) is 10.6 Å². The summed E-state index contributed by atoms with van der Waals surface area (Å²) in [4.78, 5) is 17.8. The molecule has 1 saturated heterocycles.